The number of aromatic nitrogens is 3. The Morgan fingerprint density at radius 2 is 2.19 bits per heavy atom. The van der Waals surface area contributed by atoms with Crippen molar-refractivity contribution in [3.8, 4) is 17.1 Å². The molecule has 1 aliphatic rings. The predicted octanol–water partition coefficient (Wildman–Crippen LogP) is 2.31. The van der Waals surface area contributed by atoms with E-state index in [4.69, 9.17) is 9.26 Å². The lowest BCUT2D eigenvalue weighted by molar-refractivity contribution is -0.135. The van der Waals surface area contributed by atoms with E-state index in [2.05, 4.69) is 15.1 Å². The van der Waals surface area contributed by atoms with E-state index < -0.39 is 0 Å². The molecule has 1 amide bonds. The minimum Gasteiger partial charge on any atom is -0.497 e. The molecule has 2 aromatic heterocycles. The van der Waals surface area contributed by atoms with Crippen molar-refractivity contribution in [1.82, 2.24) is 20.0 Å². The molecular weight excluding hydrogens is 332 g/mol. The SMILES string of the molecule is COc1cccc(CC(=O)N2CC(c3nc(-c4cccnc4)no3)C2)c1. The fourth-order valence-electron chi connectivity index (χ4n) is 2.92. The first-order valence-corrected chi connectivity index (χ1v) is 8.37. The molecule has 0 saturated carbocycles. The second-order valence-corrected chi connectivity index (χ2v) is 6.22. The number of nitrogens with zero attached hydrogens (tertiary/aromatic N) is 4. The van der Waals surface area contributed by atoms with Crippen LogP contribution in [0.25, 0.3) is 11.4 Å². The molecule has 7 heteroatoms. The number of carbonyl (C=O) groups excluding carboxylic acids is 1. The highest BCUT2D eigenvalue weighted by Gasteiger charge is 2.35. The molecule has 1 aliphatic heterocycles. The molecule has 0 spiro atoms. The molecule has 4 rings (SSSR count). The van der Waals surface area contributed by atoms with E-state index in [1.807, 2.05) is 36.4 Å². The zero-order valence-corrected chi connectivity index (χ0v) is 14.3. The van der Waals surface area contributed by atoms with Gasteiger partial charge in [-0.1, -0.05) is 17.3 Å². The normalized spacial score (nSPS) is 14.1. The van der Waals surface area contributed by atoms with Crippen molar-refractivity contribution in [3.05, 3.63) is 60.2 Å². The van der Waals surface area contributed by atoms with E-state index in [0.717, 1.165) is 16.9 Å². The first-order chi connectivity index (χ1) is 12.7. The molecule has 3 aromatic rings. The van der Waals surface area contributed by atoms with Crippen molar-refractivity contribution >= 4 is 5.91 Å². The van der Waals surface area contributed by atoms with Crippen molar-refractivity contribution < 1.29 is 14.1 Å². The molecule has 0 radical (unpaired) electrons. The largest absolute Gasteiger partial charge is 0.497 e. The van der Waals surface area contributed by atoms with Crippen molar-refractivity contribution in [2.24, 2.45) is 0 Å². The Morgan fingerprint density at radius 1 is 1.31 bits per heavy atom. The Kier molecular flexibility index (Phi) is 4.35. The van der Waals surface area contributed by atoms with E-state index in [0.29, 0.717) is 31.2 Å². The van der Waals surface area contributed by atoms with Crippen LogP contribution < -0.4 is 4.74 Å². The van der Waals surface area contributed by atoms with Crippen LogP contribution in [0.4, 0.5) is 0 Å². The quantitative estimate of drug-likeness (QED) is 0.702. The number of hydrogen-bond acceptors (Lipinski definition) is 6. The lowest BCUT2D eigenvalue weighted by atomic mass is 9.98. The van der Waals surface area contributed by atoms with Gasteiger partial charge >= 0.3 is 0 Å². The van der Waals surface area contributed by atoms with E-state index >= 15 is 0 Å². The summed E-state index contributed by atoms with van der Waals surface area (Å²) >= 11 is 0. The van der Waals surface area contributed by atoms with Crippen molar-refractivity contribution in [3.63, 3.8) is 0 Å². The summed E-state index contributed by atoms with van der Waals surface area (Å²) in [6, 6.07) is 11.3. The number of ether oxygens (including phenoxy) is 1. The van der Waals surface area contributed by atoms with E-state index in [-0.39, 0.29) is 11.8 Å². The van der Waals surface area contributed by atoms with Gasteiger partial charge in [0, 0.05) is 31.0 Å². The molecule has 7 nitrogen and oxygen atoms in total. The summed E-state index contributed by atoms with van der Waals surface area (Å²) in [5.41, 5.74) is 1.75. The van der Waals surface area contributed by atoms with E-state index in [9.17, 15) is 4.79 Å². The standard InChI is InChI=1S/C19H18N4O3/c1-25-16-6-2-4-13(8-16)9-17(24)23-11-15(12-23)19-21-18(22-26-19)14-5-3-7-20-10-14/h2-8,10,15H,9,11-12H2,1H3. The Balaban J connectivity index is 1.35. The van der Waals surface area contributed by atoms with Gasteiger partial charge < -0.3 is 14.2 Å². The minimum absolute atomic E-state index is 0.0847. The van der Waals surface area contributed by atoms with Gasteiger partial charge in [0.15, 0.2) is 0 Å². The van der Waals surface area contributed by atoms with Crippen LogP contribution in [0.3, 0.4) is 0 Å². The highest BCUT2D eigenvalue weighted by Crippen LogP contribution is 2.28. The average molecular weight is 350 g/mol. The minimum atomic E-state index is 0.0847. The molecule has 26 heavy (non-hydrogen) atoms. The van der Waals surface area contributed by atoms with Gasteiger partial charge in [-0.25, -0.2) is 0 Å². The van der Waals surface area contributed by atoms with Gasteiger partial charge in [0.1, 0.15) is 5.75 Å². The summed E-state index contributed by atoms with van der Waals surface area (Å²) in [4.78, 5) is 22.7. The van der Waals surface area contributed by atoms with Crippen LogP contribution in [0.15, 0.2) is 53.3 Å². The Labute approximate surface area is 150 Å². The maximum absolute atomic E-state index is 12.4. The number of benzene rings is 1. The summed E-state index contributed by atoms with van der Waals surface area (Å²) in [6.07, 6.45) is 3.75. The van der Waals surface area contributed by atoms with Gasteiger partial charge in [-0.05, 0) is 29.8 Å². The number of rotatable bonds is 5. The second kappa shape index (κ2) is 6.95. The van der Waals surface area contributed by atoms with Gasteiger partial charge in [0.2, 0.25) is 17.6 Å². The molecule has 3 heterocycles. The molecule has 0 N–H and O–H groups in total. The Hall–Kier alpha value is -3.22. The summed E-state index contributed by atoms with van der Waals surface area (Å²) in [7, 11) is 1.62. The molecule has 1 aromatic carbocycles. The number of likely N-dealkylation sites (tertiary alicyclic amines) is 1. The number of methoxy groups -OCH3 is 1. The average Bonchev–Trinajstić information content (AvgIpc) is 3.11. The van der Waals surface area contributed by atoms with Crippen LogP contribution in [-0.4, -0.2) is 46.1 Å². The lowest BCUT2D eigenvalue weighted by Crippen LogP contribution is -2.49. The third-order valence-electron chi connectivity index (χ3n) is 4.43. The number of pyridine rings is 1. The Morgan fingerprint density at radius 3 is 2.96 bits per heavy atom. The number of carbonyl (C=O) groups is 1. The fourth-order valence-corrected chi connectivity index (χ4v) is 2.92. The molecular formula is C19H18N4O3. The molecule has 0 atom stereocenters. The first-order valence-electron chi connectivity index (χ1n) is 8.37. The third kappa shape index (κ3) is 3.28. The zero-order chi connectivity index (χ0) is 17.9. The van der Waals surface area contributed by atoms with E-state index in [1.54, 1.807) is 24.4 Å². The lowest BCUT2D eigenvalue weighted by Gasteiger charge is -2.37. The van der Waals surface area contributed by atoms with Gasteiger partial charge in [-0.15, -0.1) is 0 Å². The first kappa shape index (κ1) is 16.3. The topological polar surface area (TPSA) is 81.4 Å². The molecule has 1 fully saturated rings. The van der Waals surface area contributed by atoms with Crippen molar-refractivity contribution in [2.75, 3.05) is 20.2 Å². The highest BCUT2D eigenvalue weighted by molar-refractivity contribution is 5.79. The van der Waals surface area contributed by atoms with Gasteiger partial charge in [-0.2, -0.15) is 4.98 Å². The zero-order valence-electron chi connectivity index (χ0n) is 14.3. The van der Waals surface area contributed by atoms with Crippen LogP contribution in [0.2, 0.25) is 0 Å². The molecule has 0 bridgehead atoms. The van der Waals surface area contributed by atoms with Gasteiger partial charge in [0.25, 0.3) is 0 Å². The summed E-state index contributed by atoms with van der Waals surface area (Å²) < 4.78 is 10.6. The highest BCUT2D eigenvalue weighted by atomic mass is 16.5. The predicted molar refractivity (Wildman–Crippen MR) is 93.5 cm³/mol. The van der Waals surface area contributed by atoms with Crippen LogP contribution >= 0.6 is 0 Å². The van der Waals surface area contributed by atoms with Crippen LogP contribution in [-0.2, 0) is 11.2 Å². The summed E-state index contributed by atoms with van der Waals surface area (Å²) in [5.74, 6) is 2.01. The fraction of sp³-hybridized carbons (Fsp3) is 0.263. The monoisotopic (exact) mass is 350 g/mol. The number of hydrogen-bond donors (Lipinski definition) is 0. The summed E-state index contributed by atoms with van der Waals surface area (Å²) in [5, 5.41) is 4.00. The molecule has 1 saturated heterocycles. The maximum atomic E-state index is 12.4. The van der Waals surface area contributed by atoms with Gasteiger partial charge in [0.05, 0.1) is 19.4 Å². The molecule has 0 aliphatic carbocycles. The maximum Gasteiger partial charge on any atom is 0.233 e. The van der Waals surface area contributed by atoms with E-state index in [1.165, 1.54) is 0 Å². The molecule has 132 valence electrons. The van der Waals surface area contributed by atoms with Crippen LogP contribution in [0, 0.1) is 0 Å². The van der Waals surface area contributed by atoms with Crippen LogP contribution in [0.5, 0.6) is 5.75 Å². The summed E-state index contributed by atoms with van der Waals surface area (Å²) in [6.45, 7) is 1.19. The van der Waals surface area contributed by atoms with Crippen molar-refractivity contribution in [1.29, 1.82) is 0 Å². The van der Waals surface area contributed by atoms with Crippen molar-refractivity contribution in [2.45, 2.75) is 12.3 Å². The van der Waals surface area contributed by atoms with Crippen LogP contribution in [0.1, 0.15) is 17.4 Å². The third-order valence-corrected chi connectivity index (χ3v) is 4.43. The van der Waals surface area contributed by atoms with Gasteiger partial charge in [-0.3, -0.25) is 9.78 Å². The molecule has 0 unspecified atom stereocenters. The Bertz CT molecular complexity index is 904. The number of amides is 1. The smallest absolute Gasteiger partial charge is 0.233 e. The second-order valence-electron chi connectivity index (χ2n) is 6.22.